The summed E-state index contributed by atoms with van der Waals surface area (Å²) in [6.07, 6.45) is -8.68. The molecule has 180 valence electrons. The lowest BCUT2D eigenvalue weighted by atomic mass is 10.0. The van der Waals surface area contributed by atoms with Crippen molar-refractivity contribution >= 4 is 23.1 Å². The Kier molecular flexibility index (Phi) is 8.69. The van der Waals surface area contributed by atoms with Gasteiger partial charge in [-0.05, 0) is 48.3 Å². The van der Waals surface area contributed by atoms with Crippen LogP contribution in [0.15, 0.2) is 36.4 Å². The van der Waals surface area contributed by atoms with Crippen LogP contribution in [0.3, 0.4) is 0 Å². The molecule has 0 saturated carbocycles. The van der Waals surface area contributed by atoms with Gasteiger partial charge in [0.05, 0.1) is 21.0 Å². The zero-order valence-corrected chi connectivity index (χ0v) is 17.7. The molecule has 0 atom stereocenters. The molecule has 0 spiro atoms. The third-order valence-electron chi connectivity index (χ3n) is 4.69. The predicted octanol–water partition coefficient (Wildman–Crippen LogP) is 6.84. The van der Waals surface area contributed by atoms with Crippen molar-refractivity contribution < 1.29 is 36.2 Å². The summed E-state index contributed by atoms with van der Waals surface area (Å²) in [6.45, 7) is 0. The fourth-order valence-corrected chi connectivity index (χ4v) is 4.05. The van der Waals surface area contributed by atoms with Gasteiger partial charge in [0.1, 0.15) is 0 Å². The van der Waals surface area contributed by atoms with Gasteiger partial charge in [-0.1, -0.05) is 12.1 Å². The maximum atomic E-state index is 13.2. The minimum atomic E-state index is -4.73. The van der Waals surface area contributed by atoms with E-state index in [9.17, 15) is 46.6 Å². The van der Waals surface area contributed by atoms with Gasteiger partial charge >= 0.3 is 12.4 Å². The Morgan fingerprint density at radius 3 is 1.36 bits per heavy atom. The number of non-ortho nitro benzene ring substituents is 2. The van der Waals surface area contributed by atoms with Gasteiger partial charge in [0.15, 0.2) is 0 Å². The zero-order valence-electron chi connectivity index (χ0n) is 16.9. The van der Waals surface area contributed by atoms with E-state index in [4.69, 9.17) is 0 Å². The Balaban J connectivity index is 1.87. The van der Waals surface area contributed by atoms with E-state index in [0.717, 1.165) is 24.3 Å². The number of halogens is 6. The number of nitro groups is 2. The van der Waals surface area contributed by atoms with Gasteiger partial charge in [0, 0.05) is 24.3 Å². The van der Waals surface area contributed by atoms with Crippen LogP contribution < -0.4 is 0 Å². The number of nitrogens with zero attached hydrogens (tertiary/aromatic N) is 2. The Hall–Kier alpha value is -2.83. The standard InChI is InChI=1S/C20H18F6N2O4S/c21-19(22,23)17-11-15(27(29)30)7-5-13(17)3-1-9-33-10-2-4-14-6-8-16(28(31)32)12-18(14)20(24,25)26/h5-8,11-12H,1-4,9-10H2. The largest absolute Gasteiger partial charge is 0.416 e. The van der Waals surface area contributed by atoms with Crippen LogP contribution in [0.2, 0.25) is 0 Å². The summed E-state index contributed by atoms with van der Waals surface area (Å²) in [5.74, 6) is 0.890. The number of alkyl halides is 6. The van der Waals surface area contributed by atoms with Crippen LogP contribution in [0.4, 0.5) is 37.7 Å². The molecule has 0 amide bonds. The summed E-state index contributed by atoms with van der Waals surface area (Å²) in [7, 11) is 0. The minimum Gasteiger partial charge on any atom is -0.258 e. The average molecular weight is 496 g/mol. The van der Waals surface area contributed by atoms with E-state index in [0.29, 0.717) is 36.5 Å². The first-order chi connectivity index (χ1) is 15.3. The first-order valence-electron chi connectivity index (χ1n) is 9.57. The van der Waals surface area contributed by atoms with Gasteiger partial charge < -0.3 is 0 Å². The zero-order chi connectivity index (χ0) is 24.8. The minimum absolute atomic E-state index is 0.0421. The molecule has 13 heteroatoms. The first-order valence-corrected chi connectivity index (χ1v) is 10.7. The molecule has 0 aromatic heterocycles. The molecule has 0 heterocycles. The summed E-state index contributed by atoms with van der Waals surface area (Å²) in [5, 5.41) is 21.4. The van der Waals surface area contributed by atoms with Crippen LogP contribution in [0.5, 0.6) is 0 Å². The molecular formula is C20H18F6N2O4S. The highest BCUT2D eigenvalue weighted by molar-refractivity contribution is 7.99. The number of aryl methyl sites for hydroxylation is 2. The second kappa shape index (κ2) is 10.9. The van der Waals surface area contributed by atoms with Crippen molar-refractivity contribution in [2.24, 2.45) is 0 Å². The van der Waals surface area contributed by atoms with Crippen molar-refractivity contribution in [3.05, 3.63) is 78.9 Å². The normalized spacial score (nSPS) is 12.1. The molecule has 0 saturated heterocycles. The van der Waals surface area contributed by atoms with Crippen LogP contribution in [0.1, 0.15) is 35.1 Å². The molecule has 0 N–H and O–H groups in total. The third kappa shape index (κ3) is 7.62. The van der Waals surface area contributed by atoms with E-state index < -0.39 is 44.7 Å². The van der Waals surface area contributed by atoms with Crippen molar-refractivity contribution in [1.29, 1.82) is 0 Å². The summed E-state index contributed by atoms with van der Waals surface area (Å²) in [5.41, 5.74) is -3.53. The lowest BCUT2D eigenvalue weighted by Crippen LogP contribution is -2.10. The van der Waals surface area contributed by atoms with Crippen LogP contribution >= 0.6 is 11.8 Å². The molecule has 2 aromatic rings. The molecular weight excluding hydrogens is 478 g/mol. The van der Waals surface area contributed by atoms with Gasteiger partial charge in [0.25, 0.3) is 11.4 Å². The fourth-order valence-electron chi connectivity index (χ4n) is 3.15. The van der Waals surface area contributed by atoms with Gasteiger partial charge in [-0.15, -0.1) is 0 Å². The molecule has 0 fully saturated rings. The number of thioether (sulfide) groups is 1. The maximum Gasteiger partial charge on any atom is 0.416 e. The van der Waals surface area contributed by atoms with Crippen LogP contribution in [-0.2, 0) is 25.2 Å². The number of rotatable bonds is 10. The SMILES string of the molecule is O=[N+]([O-])c1ccc(CCCSCCCc2ccc([N+](=O)[O-])cc2C(F)(F)F)c(C(F)(F)F)c1. The quantitative estimate of drug-likeness (QED) is 0.156. The molecule has 0 aliphatic carbocycles. The van der Waals surface area contributed by atoms with Crippen molar-refractivity contribution in [2.75, 3.05) is 11.5 Å². The fraction of sp³-hybridized carbons (Fsp3) is 0.400. The molecule has 0 bridgehead atoms. The molecule has 6 nitrogen and oxygen atoms in total. The maximum absolute atomic E-state index is 13.2. The summed E-state index contributed by atoms with van der Waals surface area (Å²) in [4.78, 5) is 19.6. The third-order valence-corrected chi connectivity index (χ3v) is 5.84. The summed E-state index contributed by atoms with van der Waals surface area (Å²) >= 11 is 1.36. The Bertz CT molecular complexity index is 932. The topological polar surface area (TPSA) is 86.3 Å². The molecule has 2 aromatic carbocycles. The van der Waals surface area contributed by atoms with E-state index in [2.05, 4.69) is 0 Å². The van der Waals surface area contributed by atoms with E-state index in [1.807, 2.05) is 0 Å². The van der Waals surface area contributed by atoms with Gasteiger partial charge in [-0.25, -0.2) is 0 Å². The molecule has 0 unspecified atom stereocenters. The smallest absolute Gasteiger partial charge is 0.258 e. The van der Waals surface area contributed by atoms with Gasteiger partial charge in [-0.3, -0.25) is 20.2 Å². The lowest BCUT2D eigenvalue weighted by Gasteiger charge is -2.13. The Labute approximate surface area is 188 Å². The molecule has 0 radical (unpaired) electrons. The number of hydrogen-bond donors (Lipinski definition) is 0. The number of benzene rings is 2. The van der Waals surface area contributed by atoms with Gasteiger partial charge in [0.2, 0.25) is 0 Å². The van der Waals surface area contributed by atoms with Gasteiger partial charge in [-0.2, -0.15) is 38.1 Å². The highest BCUT2D eigenvalue weighted by Crippen LogP contribution is 2.36. The van der Waals surface area contributed by atoms with E-state index >= 15 is 0 Å². The van der Waals surface area contributed by atoms with Crippen LogP contribution in [0.25, 0.3) is 0 Å². The average Bonchev–Trinajstić information content (AvgIpc) is 2.71. The van der Waals surface area contributed by atoms with Crippen LogP contribution in [0, 0.1) is 20.2 Å². The second-order valence-electron chi connectivity index (χ2n) is 7.01. The predicted molar refractivity (Wildman–Crippen MR) is 110 cm³/mol. The van der Waals surface area contributed by atoms with Crippen molar-refractivity contribution in [3.63, 3.8) is 0 Å². The molecule has 33 heavy (non-hydrogen) atoms. The van der Waals surface area contributed by atoms with E-state index in [1.165, 1.54) is 11.8 Å². The van der Waals surface area contributed by atoms with Crippen molar-refractivity contribution in [3.8, 4) is 0 Å². The Morgan fingerprint density at radius 2 is 1.06 bits per heavy atom. The van der Waals surface area contributed by atoms with E-state index in [-0.39, 0.29) is 24.0 Å². The van der Waals surface area contributed by atoms with Crippen LogP contribution in [-0.4, -0.2) is 21.4 Å². The summed E-state index contributed by atoms with van der Waals surface area (Å²) in [6, 6.07) is 5.20. The lowest BCUT2D eigenvalue weighted by molar-refractivity contribution is -0.385. The molecule has 0 aliphatic heterocycles. The van der Waals surface area contributed by atoms with Crippen molar-refractivity contribution in [1.82, 2.24) is 0 Å². The highest BCUT2D eigenvalue weighted by atomic mass is 32.2. The second-order valence-corrected chi connectivity index (χ2v) is 8.24. The van der Waals surface area contributed by atoms with E-state index in [1.54, 1.807) is 0 Å². The number of nitro benzene ring substituents is 2. The summed E-state index contributed by atoms with van der Waals surface area (Å²) < 4.78 is 79.0. The van der Waals surface area contributed by atoms with Crippen molar-refractivity contribution in [2.45, 2.75) is 38.0 Å². The first kappa shape index (κ1) is 26.4. The monoisotopic (exact) mass is 496 g/mol. The molecule has 0 aliphatic rings. The highest BCUT2D eigenvalue weighted by Gasteiger charge is 2.35. The number of hydrogen-bond acceptors (Lipinski definition) is 5. The molecule has 2 rings (SSSR count). The Morgan fingerprint density at radius 1 is 0.697 bits per heavy atom.